The number of halogens is 1. The average molecular weight is 282 g/mol. The van der Waals surface area contributed by atoms with Crippen LogP contribution in [-0.2, 0) is 0 Å². The Labute approximate surface area is 107 Å². The van der Waals surface area contributed by atoms with Gasteiger partial charge in [-0.15, -0.1) is 0 Å². The van der Waals surface area contributed by atoms with E-state index < -0.39 is 0 Å². The van der Waals surface area contributed by atoms with Crippen molar-refractivity contribution < 1.29 is 0 Å². The first-order valence-corrected chi connectivity index (χ1v) is 6.94. The highest BCUT2D eigenvalue weighted by Gasteiger charge is 2.21. The largest absolute Gasteiger partial charge is 0.317 e. The first-order chi connectivity index (χ1) is 7.66. The van der Waals surface area contributed by atoms with Crippen LogP contribution in [0.1, 0.15) is 36.8 Å². The van der Waals surface area contributed by atoms with Crippen molar-refractivity contribution in [1.82, 2.24) is 5.32 Å². The number of rotatable bonds is 2. The fourth-order valence-electron chi connectivity index (χ4n) is 2.64. The van der Waals surface area contributed by atoms with E-state index in [0.717, 1.165) is 5.92 Å². The Morgan fingerprint density at radius 1 is 1.25 bits per heavy atom. The fourth-order valence-corrected chi connectivity index (χ4v) is 3.27. The van der Waals surface area contributed by atoms with Crippen molar-refractivity contribution in [2.75, 3.05) is 13.1 Å². The lowest BCUT2D eigenvalue weighted by molar-refractivity contribution is 0.330. The van der Waals surface area contributed by atoms with Crippen LogP contribution in [0, 0.1) is 12.8 Å². The zero-order valence-electron chi connectivity index (χ0n) is 10.1. The van der Waals surface area contributed by atoms with Gasteiger partial charge < -0.3 is 5.32 Å². The molecule has 2 rings (SSSR count). The lowest BCUT2D eigenvalue weighted by Crippen LogP contribution is -2.30. The summed E-state index contributed by atoms with van der Waals surface area (Å²) in [7, 11) is 0. The van der Waals surface area contributed by atoms with Gasteiger partial charge in [0.25, 0.3) is 0 Å². The van der Waals surface area contributed by atoms with Gasteiger partial charge in [0.1, 0.15) is 0 Å². The lowest BCUT2D eigenvalue weighted by atomic mass is 9.81. The summed E-state index contributed by atoms with van der Waals surface area (Å²) in [5, 5.41) is 3.43. The van der Waals surface area contributed by atoms with Gasteiger partial charge in [0.2, 0.25) is 0 Å². The van der Waals surface area contributed by atoms with E-state index in [2.05, 4.69) is 53.3 Å². The van der Waals surface area contributed by atoms with Gasteiger partial charge in [0.15, 0.2) is 0 Å². The van der Waals surface area contributed by atoms with Crippen LogP contribution in [0.15, 0.2) is 22.7 Å². The highest BCUT2D eigenvalue weighted by atomic mass is 79.9. The topological polar surface area (TPSA) is 12.0 Å². The molecule has 1 saturated heterocycles. The van der Waals surface area contributed by atoms with Crippen molar-refractivity contribution in [3.05, 3.63) is 33.8 Å². The summed E-state index contributed by atoms with van der Waals surface area (Å²) in [4.78, 5) is 0. The molecule has 0 radical (unpaired) electrons. The van der Waals surface area contributed by atoms with E-state index in [1.807, 2.05) is 0 Å². The second-order valence-electron chi connectivity index (χ2n) is 4.94. The van der Waals surface area contributed by atoms with Gasteiger partial charge in [-0.3, -0.25) is 0 Å². The summed E-state index contributed by atoms with van der Waals surface area (Å²) in [6.07, 6.45) is 2.62. The summed E-state index contributed by atoms with van der Waals surface area (Å²) in [5.41, 5.74) is 2.84. The van der Waals surface area contributed by atoms with E-state index in [1.54, 1.807) is 0 Å². The minimum atomic E-state index is 0.679. The Morgan fingerprint density at radius 3 is 2.56 bits per heavy atom. The maximum absolute atomic E-state index is 3.59. The Balaban J connectivity index is 2.15. The maximum atomic E-state index is 3.59. The molecule has 0 aliphatic carbocycles. The van der Waals surface area contributed by atoms with Gasteiger partial charge in [0, 0.05) is 4.47 Å². The monoisotopic (exact) mass is 281 g/mol. The number of hydrogen-bond donors (Lipinski definition) is 1. The first kappa shape index (κ1) is 12.1. The molecule has 1 heterocycles. The van der Waals surface area contributed by atoms with Gasteiger partial charge in [0.05, 0.1) is 0 Å². The Hall–Kier alpha value is -0.340. The van der Waals surface area contributed by atoms with Gasteiger partial charge >= 0.3 is 0 Å². The molecule has 0 saturated carbocycles. The zero-order valence-corrected chi connectivity index (χ0v) is 11.7. The summed E-state index contributed by atoms with van der Waals surface area (Å²) in [6.45, 7) is 6.91. The summed E-state index contributed by atoms with van der Waals surface area (Å²) in [5.74, 6) is 1.52. The van der Waals surface area contributed by atoms with Crippen LogP contribution < -0.4 is 5.32 Å². The Morgan fingerprint density at radius 2 is 1.94 bits per heavy atom. The van der Waals surface area contributed by atoms with Crippen molar-refractivity contribution in [1.29, 1.82) is 0 Å². The zero-order chi connectivity index (χ0) is 11.5. The molecule has 1 fully saturated rings. The van der Waals surface area contributed by atoms with Crippen LogP contribution in [-0.4, -0.2) is 13.1 Å². The van der Waals surface area contributed by atoms with Crippen LogP contribution in [0.3, 0.4) is 0 Å². The van der Waals surface area contributed by atoms with Crippen LogP contribution >= 0.6 is 15.9 Å². The van der Waals surface area contributed by atoms with E-state index in [0.29, 0.717) is 5.92 Å². The van der Waals surface area contributed by atoms with Crippen molar-refractivity contribution in [3.63, 3.8) is 0 Å². The standard InChI is InChI=1S/C14H20BrN/c1-10-7-13(9-14(15)8-10)11(2)12-3-5-16-6-4-12/h7-9,11-12,16H,3-6H2,1-2H3. The van der Waals surface area contributed by atoms with Crippen LogP contribution in [0.25, 0.3) is 0 Å². The number of piperidine rings is 1. The van der Waals surface area contributed by atoms with Gasteiger partial charge in [-0.05, 0) is 68.0 Å². The van der Waals surface area contributed by atoms with Crippen molar-refractivity contribution in [2.45, 2.75) is 32.6 Å². The second-order valence-corrected chi connectivity index (χ2v) is 5.85. The van der Waals surface area contributed by atoms with E-state index in [4.69, 9.17) is 0 Å². The normalized spacial score (nSPS) is 19.7. The average Bonchev–Trinajstić information content (AvgIpc) is 2.28. The van der Waals surface area contributed by atoms with E-state index >= 15 is 0 Å². The molecule has 1 aliphatic rings. The third kappa shape index (κ3) is 2.86. The molecule has 0 spiro atoms. The van der Waals surface area contributed by atoms with Crippen molar-refractivity contribution in [3.8, 4) is 0 Å². The quantitative estimate of drug-likeness (QED) is 0.868. The molecular weight excluding hydrogens is 262 g/mol. The highest BCUT2D eigenvalue weighted by Crippen LogP contribution is 2.32. The minimum Gasteiger partial charge on any atom is -0.317 e. The SMILES string of the molecule is Cc1cc(Br)cc(C(C)C2CCNCC2)c1. The third-order valence-corrected chi connectivity index (χ3v) is 4.14. The summed E-state index contributed by atoms with van der Waals surface area (Å²) >= 11 is 3.59. The van der Waals surface area contributed by atoms with Crippen LogP contribution in [0.5, 0.6) is 0 Å². The number of hydrogen-bond acceptors (Lipinski definition) is 1. The molecule has 1 N–H and O–H groups in total. The molecule has 88 valence electrons. The molecule has 2 heteroatoms. The number of aryl methyl sites for hydroxylation is 1. The van der Waals surface area contributed by atoms with E-state index in [-0.39, 0.29) is 0 Å². The van der Waals surface area contributed by atoms with E-state index in [9.17, 15) is 0 Å². The maximum Gasteiger partial charge on any atom is 0.0180 e. The molecule has 0 bridgehead atoms. The fraction of sp³-hybridized carbons (Fsp3) is 0.571. The first-order valence-electron chi connectivity index (χ1n) is 6.14. The summed E-state index contributed by atoms with van der Waals surface area (Å²) < 4.78 is 1.21. The molecule has 1 unspecified atom stereocenters. The minimum absolute atomic E-state index is 0.679. The molecular formula is C14H20BrN. The number of nitrogens with one attached hydrogen (secondary N) is 1. The van der Waals surface area contributed by atoms with E-state index in [1.165, 1.54) is 41.5 Å². The smallest absolute Gasteiger partial charge is 0.0180 e. The van der Waals surface area contributed by atoms with Gasteiger partial charge in [-0.1, -0.05) is 28.9 Å². The molecule has 0 aromatic heterocycles. The number of benzene rings is 1. The molecule has 16 heavy (non-hydrogen) atoms. The molecule has 0 amide bonds. The molecule has 1 atom stereocenters. The highest BCUT2D eigenvalue weighted by molar-refractivity contribution is 9.10. The predicted molar refractivity (Wildman–Crippen MR) is 72.9 cm³/mol. The van der Waals surface area contributed by atoms with Crippen molar-refractivity contribution >= 4 is 15.9 Å². The third-order valence-electron chi connectivity index (χ3n) is 3.68. The molecule has 1 aromatic rings. The Kier molecular flexibility index (Phi) is 4.04. The molecule has 1 aromatic carbocycles. The second kappa shape index (κ2) is 5.33. The van der Waals surface area contributed by atoms with Crippen LogP contribution in [0.4, 0.5) is 0 Å². The molecule has 1 nitrogen and oxygen atoms in total. The summed E-state index contributed by atoms with van der Waals surface area (Å²) in [6, 6.07) is 6.79. The predicted octanol–water partition coefficient (Wildman–Crippen LogP) is 3.86. The van der Waals surface area contributed by atoms with Crippen molar-refractivity contribution in [2.24, 2.45) is 5.92 Å². The molecule has 1 aliphatic heterocycles. The Bertz CT molecular complexity index is 336. The van der Waals surface area contributed by atoms with Gasteiger partial charge in [-0.2, -0.15) is 0 Å². The lowest BCUT2D eigenvalue weighted by Gasteiger charge is -2.28. The van der Waals surface area contributed by atoms with Gasteiger partial charge in [-0.25, -0.2) is 0 Å². The van der Waals surface area contributed by atoms with Crippen LogP contribution in [0.2, 0.25) is 0 Å².